The van der Waals surface area contributed by atoms with Crippen LogP contribution in [0.15, 0.2) is 18.2 Å². The zero-order valence-electron chi connectivity index (χ0n) is 14.9. The Morgan fingerprint density at radius 2 is 2.16 bits per heavy atom. The highest BCUT2D eigenvalue weighted by Gasteiger charge is 2.54. The first-order valence-corrected chi connectivity index (χ1v) is 8.80. The standard InChI is InChI=1S/C19H26N2O3.ClH/c1-3-14-7-4-6-13(2)17(14)20-16(22)11-21-10-15-8-5-9-19(15,12-21)18(23)24;/h4,6-7,15H,3,5,8-12H2,1-2H3,(H,20,22)(H,23,24);1H/t15-,19+;/m0./s1. The Morgan fingerprint density at radius 1 is 1.40 bits per heavy atom. The molecule has 1 heterocycles. The van der Waals surface area contributed by atoms with Crippen molar-refractivity contribution in [2.45, 2.75) is 39.5 Å². The fraction of sp³-hybridized carbons (Fsp3) is 0.579. The van der Waals surface area contributed by atoms with E-state index < -0.39 is 11.4 Å². The number of benzene rings is 1. The lowest BCUT2D eigenvalue weighted by atomic mass is 9.81. The number of carboxylic acid groups (broad SMARTS) is 1. The predicted molar refractivity (Wildman–Crippen MR) is 100 cm³/mol. The Morgan fingerprint density at radius 3 is 2.80 bits per heavy atom. The van der Waals surface area contributed by atoms with Crippen LogP contribution in [0, 0.1) is 18.3 Å². The van der Waals surface area contributed by atoms with E-state index in [0.717, 1.165) is 42.5 Å². The maximum absolute atomic E-state index is 12.5. The third-order valence-corrected chi connectivity index (χ3v) is 5.74. The largest absolute Gasteiger partial charge is 0.481 e. The first-order valence-electron chi connectivity index (χ1n) is 8.80. The molecule has 1 aromatic rings. The van der Waals surface area contributed by atoms with Crippen LogP contribution < -0.4 is 5.32 Å². The van der Waals surface area contributed by atoms with Crippen molar-refractivity contribution in [2.75, 3.05) is 25.0 Å². The normalized spacial score (nSPS) is 25.3. The minimum absolute atomic E-state index is 0. The second-order valence-electron chi connectivity index (χ2n) is 7.23. The molecule has 2 aliphatic rings. The number of para-hydroxylation sites is 1. The van der Waals surface area contributed by atoms with Gasteiger partial charge in [0, 0.05) is 18.8 Å². The molecule has 0 spiro atoms. The molecule has 0 radical (unpaired) electrons. The van der Waals surface area contributed by atoms with Crippen molar-refractivity contribution in [3.63, 3.8) is 0 Å². The van der Waals surface area contributed by atoms with Gasteiger partial charge in [-0.25, -0.2) is 0 Å². The molecule has 1 amide bonds. The van der Waals surface area contributed by atoms with E-state index in [1.807, 2.05) is 30.0 Å². The van der Waals surface area contributed by atoms with Crippen LogP contribution in [0.4, 0.5) is 5.69 Å². The van der Waals surface area contributed by atoms with E-state index in [-0.39, 0.29) is 30.8 Å². The maximum Gasteiger partial charge on any atom is 0.311 e. The number of aryl methyl sites for hydroxylation is 2. The number of halogens is 1. The van der Waals surface area contributed by atoms with Crippen LogP contribution in [0.1, 0.15) is 37.3 Å². The van der Waals surface area contributed by atoms with Crippen molar-refractivity contribution < 1.29 is 14.7 Å². The number of aliphatic carboxylic acids is 1. The van der Waals surface area contributed by atoms with Crippen molar-refractivity contribution in [1.29, 1.82) is 0 Å². The molecule has 138 valence electrons. The lowest BCUT2D eigenvalue weighted by molar-refractivity contribution is -0.149. The summed E-state index contributed by atoms with van der Waals surface area (Å²) in [7, 11) is 0. The molecular formula is C19H27ClN2O3. The number of hydrogen-bond acceptors (Lipinski definition) is 3. The van der Waals surface area contributed by atoms with Crippen molar-refractivity contribution in [3.05, 3.63) is 29.3 Å². The van der Waals surface area contributed by atoms with E-state index in [0.29, 0.717) is 13.1 Å². The predicted octanol–water partition coefficient (Wildman–Crippen LogP) is 3.10. The van der Waals surface area contributed by atoms with Gasteiger partial charge >= 0.3 is 5.97 Å². The molecule has 1 aromatic carbocycles. The SMILES string of the molecule is CCc1cccc(C)c1NC(=O)CN1C[C@@H]2CCC[C@@]2(C(=O)O)C1.Cl. The van der Waals surface area contributed by atoms with Crippen LogP contribution in [0.5, 0.6) is 0 Å². The molecule has 6 heteroatoms. The molecule has 1 saturated heterocycles. The van der Waals surface area contributed by atoms with Gasteiger partial charge in [-0.3, -0.25) is 14.5 Å². The van der Waals surface area contributed by atoms with E-state index in [9.17, 15) is 14.7 Å². The fourth-order valence-electron chi connectivity index (χ4n) is 4.45. The Hall–Kier alpha value is -1.59. The van der Waals surface area contributed by atoms with Gasteiger partial charge in [0.25, 0.3) is 0 Å². The van der Waals surface area contributed by atoms with Crippen LogP contribution in [0.3, 0.4) is 0 Å². The second-order valence-corrected chi connectivity index (χ2v) is 7.23. The number of amides is 1. The number of carboxylic acids is 1. The summed E-state index contributed by atoms with van der Waals surface area (Å²) in [5, 5.41) is 12.7. The van der Waals surface area contributed by atoms with Gasteiger partial charge in [0.2, 0.25) is 5.91 Å². The van der Waals surface area contributed by atoms with Gasteiger partial charge < -0.3 is 10.4 Å². The molecular weight excluding hydrogens is 340 g/mol. The van der Waals surface area contributed by atoms with Crippen molar-refractivity contribution >= 4 is 30.0 Å². The maximum atomic E-state index is 12.5. The fourth-order valence-corrected chi connectivity index (χ4v) is 4.45. The van der Waals surface area contributed by atoms with Gasteiger partial charge in [-0.05, 0) is 43.2 Å². The Labute approximate surface area is 155 Å². The number of nitrogens with zero attached hydrogens (tertiary/aromatic N) is 1. The van der Waals surface area contributed by atoms with Crippen LogP contribution >= 0.6 is 12.4 Å². The lowest BCUT2D eigenvalue weighted by Crippen LogP contribution is -2.37. The molecule has 2 fully saturated rings. The van der Waals surface area contributed by atoms with Crippen molar-refractivity contribution in [1.82, 2.24) is 4.90 Å². The number of carbonyl (C=O) groups excluding carboxylic acids is 1. The smallest absolute Gasteiger partial charge is 0.311 e. The van der Waals surface area contributed by atoms with Crippen LogP contribution in [0.2, 0.25) is 0 Å². The molecule has 0 unspecified atom stereocenters. The number of fused-ring (bicyclic) bond motifs is 1. The van der Waals surface area contributed by atoms with Gasteiger partial charge in [0.05, 0.1) is 12.0 Å². The summed E-state index contributed by atoms with van der Waals surface area (Å²) in [5.41, 5.74) is 2.46. The molecule has 0 bridgehead atoms. The minimum atomic E-state index is -0.694. The average Bonchev–Trinajstić information content (AvgIpc) is 3.07. The number of nitrogens with one attached hydrogen (secondary N) is 1. The lowest BCUT2D eigenvalue weighted by Gasteiger charge is -2.23. The number of hydrogen-bond donors (Lipinski definition) is 2. The molecule has 0 aromatic heterocycles. The number of anilines is 1. The number of rotatable bonds is 5. The van der Waals surface area contributed by atoms with E-state index >= 15 is 0 Å². The zero-order valence-corrected chi connectivity index (χ0v) is 15.7. The van der Waals surface area contributed by atoms with E-state index in [1.54, 1.807) is 0 Å². The van der Waals surface area contributed by atoms with E-state index in [4.69, 9.17) is 0 Å². The summed E-state index contributed by atoms with van der Waals surface area (Å²) in [6, 6.07) is 6.03. The van der Waals surface area contributed by atoms with E-state index in [2.05, 4.69) is 12.2 Å². The number of likely N-dealkylation sites (tertiary alicyclic amines) is 1. The molecule has 3 rings (SSSR count). The third kappa shape index (κ3) is 3.67. The zero-order chi connectivity index (χ0) is 17.3. The quantitative estimate of drug-likeness (QED) is 0.840. The number of carbonyl (C=O) groups is 2. The summed E-state index contributed by atoms with van der Waals surface area (Å²) in [4.78, 5) is 26.2. The summed E-state index contributed by atoms with van der Waals surface area (Å²) < 4.78 is 0. The minimum Gasteiger partial charge on any atom is -0.481 e. The first-order chi connectivity index (χ1) is 11.5. The topological polar surface area (TPSA) is 69.6 Å². The molecule has 1 aliphatic heterocycles. The monoisotopic (exact) mass is 366 g/mol. The molecule has 2 atom stereocenters. The molecule has 1 aliphatic carbocycles. The average molecular weight is 367 g/mol. The van der Waals surface area contributed by atoms with Gasteiger partial charge in [-0.1, -0.05) is 31.5 Å². The van der Waals surface area contributed by atoms with Crippen molar-refractivity contribution in [3.8, 4) is 0 Å². The van der Waals surface area contributed by atoms with Gasteiger partial charge in [-0.2, -0.15) is 0 Å². The Bertz CT molecular complexity index is 664. The summed E-state index contributed by atoms with van der Waals surface area (Å²) >= 11 is 0. The summed E-state index contributed by atoms with van der Waals surface area (Å²) in [6.45, 7) is 5.54. The van der Waals surface area contributed by atoms with Crippen LogP contribution in [-0.4, -0.2) is 41.5 Å². The Balaban J connectivity index is 0.00000225. The Kier molecular flexibility index (Phi) is 6.12. The highest BCUT2D eigenvalue weighted by molar-refractivity contribution is 5.94. The van der Waals surface area contributed by atoms with Gasteiger partial charge in [0.1, 0.15) is 0 Å². The van der Waals surface area contributed by atoms with Crippen LogP contribution in [-0.2, 0) is 16.0 Å². The highest BCUT2D eigenvalue weighted by Crippen LogP contribution is 2.48. The van der Waals surface area contributed by atoms with Gasteiger partial charge in [0.15, 0.2) is 0 Å². The van der Waals surface area contributed by atoms with Crippen LogP contribution in [0.25, 0.3) is 0 Å². The molecule has 25 heavy (non-hydrogen) atoms. The molecule has 1 saturated carbocycles. The highest BCUT2D eigenvalue weighted by atomic mass is 35.5. The van der Waals surface area contributed by atoms with Crippen molar-refractivity contribution in [2.24, 2.45) is 11.3 Å². The molecule has 2 N–H and O–H groups in total. The molecule has 5 nitrogen and oxygen atoms in total. The third-order valence-electron chi connectivity index (χ3n) is 5.74. The summed E-state index contributed by atoms with van der Waals surface area (Å²) in [5.74, 6) is -0.563. The van der Waals surface area contributed by atoms with E-state index in [1.165, 1.54) is 0 Å². The first kappa shape index (κ1) is 19.7. The summed E-state index contributed by atoms with van der Waals surface area (Å²) in [6.07, 6.45) is 3.55. The second kappa shape index (κ2) is 7.75. The van der Waals surface area contributed by atoms with Gasteiger partial charge in [-0.15, -0.1) is 12.4 Å².